The zero-order valence-electron chi connectivity index (χ0n) is 16.1. The number of benzene rings is 1. The van der Waals surface area contributed by atoms with Crippen LogP contribution < -0.4 is 5.69 Å². The summed E-state index contributed by atoms with van der Waals surface area (Å²) < 4.78 is 43.0. The van der Waals surface area contributed by atoms with E-state index in [-0.39, 0.29) is 29.0 Å². The Labute approximate surface area is 181 Å². The maximum atomic E-state index is 13.4. The zero-order chi connectivity index (χ0) is 22.3. The number of hydrogen-bond donors (Lipinski definition) is 1. The van der Waals surface area contributed by atoms with Crippen molar-refractivity contribution in [3.8, 4) is 0 Å². The normalized spacial score (nSPS) is 16.1. The minimum absolute atomic E-state index is 0.103. The van der Waals surface area contributed by atoms with Gasteiger partial charge in [0.2, 0.25) is 10.0 Å². The molecule has 3 aromatic rings. The molecule has 0 saturated carbocycles. The first kappa shape index (κ1) is 21.5. The monoisotopic (exact) mass is 468 g/mol. The Morgan fingerprint density at radius 2 is 1.97 bits per heavy atom. The van der Waals surface area contributed by atoms with Crippen LogP contribution in [0.1, 0.15) is 18.9 Å². The van der Waals surface area contributed by atoms with E-state index in [2.05, 4.69) is 4.98 Å². The Kier molecular flexibility index (Phi) is 5.58. The highest BCUT2D eigenvalue weighted by atomic mass is 35.5. The molecule has 2 aromatic heterocycles. The summed E-state index contributed by atoms with van der Waals surface area (Å²) in [6.45, 7) is -0.230. The summed E-state index contributed by atoms with van der Waals surface area (Å²) in [5, 5.41) is 8.87. The number of imidazole rings is 1. The van der Waals surface area contributed by atoms with Crippen LogP contribution in [0.2, 0.25) is 5.02 Å². The molecule has 31 heavy (non-hydrogen) atoms. The minimum atomic E-state index is -3.87. The first-order chi connectivity index (χ1) is 14.7. The van der Waals surface area contributed by atoms with E-state index in [0.717, 1.165) is 22.8 Å². The van der Waals surface area contributed by atoms with Crippen LogP contribution in [0, 0.1) is 5.82 Å². The average molecular weight is 469 g/mol. The van der Waals surface area contributed by atoms with E-state index in [0.29, 0.717) is 24.0 Å². The standard InChI is InChI=1S/C19H18ClFN4O5S/c20-14-10-13(3-4-15(14)21)31(29,30)23-8-5-12(6-9-23)25-18-16(2-1-7-22-18)24(19(25)28)11-17(26)27/h1-4,7,10,12H,5-6,8-9,11H2,(H,26,27). The van der Waals surface area contributed by atoms with Crippen LogP contribution in [0.15, 0.2) is 46.2 Å². The molecule has 0 atom stereocenters. The number of carboxylic acids is 1. The van der Waals surface area contributed by atoms with Gasteiger partial charge in [-0.1, -0.05) is 11.6 Å². The molecule has 1 aliphatic heterocycles. The van der Waals surface area contributed by atoms with Crippen LogP contribution in [0.5, 0.6) is 0 Å². The molecule has 12 heteroatoms. The lowest BCUT2D eigenvalue weighted by Crippen LogP contribution is -2.41. The van der Waals surface area contributed by atoms with E-state index >= 15 is 0 Å². The average Bonchev–Trinajstić information content (AvgIpc) is 3.01. The van der Waals surface area contributed by atoms with Gasteiger partial charge in [0, 0.05) is 25.3 Å². The highest BCUT2D eigenvalue weighted by Gasteiger charge is 2.32. The number of rotatable bonds is 5. The molecule has 3 heterocycles. The SMILES string of the molecule is O=C(O)Cn1c(=O)n(C2CCN(S(=O)(=O)c3ccc(F)c(Cl)c3)CC2)c2ncccc21. The van der Waals surface area contributed by atoms with Gasteiger partial charge in [-0.2, -0.15) is 4.31 Å². The maximum Gasteiger partial charge on any atom is 0.331 e. The Morgan fingerprint density at radius 1 is 1.26 bits per heavy atom. The van der Waals surface area contributed by atoms with E-state index in [1.165, 1.54) is 15.1 Å². The van der Waals surface area contributed by atoms with Crippen LogP contribution >= 0.6 is 11.6 Å². The number of piperidine rings is 1. The van der Waals surface area contributed by atoms with Crippen LogP contribution in [-0.4, -0.2) is 51.0 Å². The maximum absolute atomic E-state index is 13.4. The van der Waals surface area contributed by atoms with E-state index in [4.69, 9.17) is 16.7 Å². The molecule has 0 unspecified atom stereocenters. The fraction of sp³-hybridized carbons (Fsp3) is 0.316. The molecule has 0 bridgehead atoms. The Morgan fingerprint density at radius 3 is 2.61 bits per heavy atom. The van der Waals surface area contributed by atoms with Crippen molar-refractivity contribution in [2.45, 2.75) is 30.3 Å². The van der Waals surface area contributed by atoms with Crippen LogP contribution in [0.4, 0.5) is 4.39 Å². The van der Waals surface area contributed by atoms with E-state index < -0.39 is 34.0 Å². The molecule has 1 N–H and O–H groups in total. The number of carbonyl (C=O) groups is 1. The first-order valence-corrected chi connectivity index (χ1v) is 11.2. The highest BCUT2D eigenvalue weighted by molar-refractivity contribution is 7.89. The summed E-state index contributed by atoms with van der Waals surface area (Å²) in [7, 11) is -3.87. The van der Waals surface area contributed by atoms with Crippen LogP contribution in [-0.2, 0) is 21.4 Å². The number of nitrogens with zero attached hydrogens (tertiary/aromatic N) is 4. The lowest BCUT2D eigenvalue weighted by molar-refractivity contribution is -0.137. The Hall–Kier alpha value is -2.76. The number of aromatic nitrogens is 3. The van der Waals surface area contributed by atoms with E-state index in [1.54, 1.807) is 12.1 Å². The molecular weight excluding hydrogens is 451 g/mol. The lowest BCUT2D eigenvalue weighted by atomic mass is 10.1. The number of aliphatic carboxylic acids is 1. The van der Waals surface area contributed by atoms with Crippen molar-refractivity contribution in [1.82, 2.24) is 18.4 Å². The van der Waals surface area contributed by atoms with Crippen molar-refractivity contribution < 1.29 is 22.7 Å². The Bertz CT molecular complexity index is 1330. The number of halogens is 2. The summed E-state index contributed by atoms with van der Waals surface area (Å²) in [5.41, 5.74) is 0.272. The molecule has 0 spiro atoms. The van der Waals surface area contributed by atoms with Gasteiger partial charge in [-0.25, -0.2) is 22.6 Å². The van der Waals surface area contributed by atoms with Crippen molar-refractivity contribution in [1.29, 1.82) is 0 Å². The van der Waals surface area contributed by atoms with Gasteiger partial charge in [0.1, 0.15) is 12.4 Å². The van der Waals surface area contributed by atoms with Gasteiger partial charge in [0.25, 0.3) is 0 Å². The summed E-state index contributed by atoms with van der Waals surface area (Å²) in [6, 6.07) is 6.14. The predicted octanol–water partition coefficient (Wildman–Crippen LogP) is 2.10. The molecule has 1 saturated heterocycles. The topological polar surface area (TPSA) is 114 Å². The molecule has 0 radical (unpaired) electrons. The summed E-state index contributed by atoms with van der Waals surface area (Å²) in [5.74, 6) is -1.85. The number of sulfonamides is 1. The largest absolute Gasteiger partial charge is 0.480 e. The smallest absolute Gasteiger partial charge is 0.331 e. The zero-order valence-corrected chi connectivity index (χ0v) is 17.7. The van der Waals surface area contributed by atoms with Gasteiger partial charge in [0.05, 0.1) is 15.4 Å². The van der Waals surface area contributed by atoms with Gasteiger partial charge in [-0.3, -0.25) is 13.9 Å². The van der Waals surface area contributed by atoms with Gasteiger partial charge in [0.15, 0.2) is 5.65 Å². The first-order valence-electron chi connectivity index (χ1n) is 9.43. The van der Waals surface area contributed by atoms with Crippen molar-refractivity contribution in [3.05, 3.63) is 57.9 Å². The number of carboxylic acid groups (broad SMARTS) is 1. The molecule has 1 aromatic carbocycles. The summed E-state index contributed by atoms with van der Waals surface area (Å²) >= 11 is 5.73. The minimum Gasteiger partial charge on any atom is -0.480 e. The predicted molar refractivity (Wildman–Crippen MR) is 110 cm³/mol. The van der Waals surface area contributed by atoms with Gasteiger partial charge >= 0.3 is 11.7 Å². The van der Waals surface area contributed by atoms with Crippen LogP contribution in [0.3, 0.4) is 0 Å². The fourth-order valence-electron chi connectivity index (χ4n) is 3.85. The highest BCUT2D eigenvalue weighted by Crippen LogP contribution is 2.29. The summed E-state index contributed by atoms with van der Waals surface area (Å²) in [4.78, 5) is 28.3. The van der Waals surface area contributed by atoms with Gasteiger partial charge < -0.3 is 5.11 Å². The van der Waals surface area contributed by atoms with Crippen molar-refractivity contribution >= 4 is 38.8 Å². The molecule has 4 rings (SSSR count). The third-order valence-electron chi connectivity index (χ3n) is 5.33. The second-order valence-corrected chi connectivity index (χ2v) is 9.53. The third-order valence-corrected chi connectivity index (χ3v) is 7.52. The number of hydrogen-bond acceptors (Lipinski definition) is 5. The number of fused-ring (bicyclic) bond motifs is 1. The summed E-state index contributed by atoms with van der Waals surface area (Å²) in [6.07, 6.45) is 2.18. The van der Waals surface area contributed by atoms with Crippen molar-refractivity contribution in [2.75, 3.05) is 13.1 Å². The van der Waals surface area contributed by atoms with E-state index in [9.17, 15) is 22.4 Å². The van der Waals surface area contributed by atoms with Crippen molar-refractivity contribution in [2.24, 2.45) is 0 Å². The molecule has 9 nitrogen and oxygen atoms in total. The molecule has 1 fully saturated rings. The third kappa shape index (κ3) is 3.84. The fourth-order valence-corrected chi connectivity index (χ4v) is 5.59. The molecule has 1 aliphatic rings. The lowest BCUT2D eigenvalue weighted by Gasteiger charge is -2.31. The molecule has 164 valence electrons. The van der Waals surface area contributed by atoms with Crippen LogP contribution in [0.25, 0.3) is 11.2 Å². The molecular formula is C19H18ClFN4O5S. The molecule has 0 amide bonds. The quantitative estimate of drug-likeness (QED) is 0.613. The van der Waals surface area contributed by atoms with E-state index in [1.807, 2.05) is 0 Å². The molecule has 0 aliphatic carbocycles. The Balaban J connectivity index is 1.61. The second kappa shape index (κ2) is 8.06. The second-order valence-electron chi connectivity index (χ2n) is 7.19. The van der Waals surface area contributed by atoms with Gasteiger partial charge in [-0.05, 0) is 43.2 Å². The number of pyridine rings is 1. The van der Waals surface area contributed by atoms with Crippen molar-refractivity contribution in [3.63, 3.8) is 0 Å². The van der Waals surface area contributed by atoms with Gasteiger partial charge in [-0.15, -0.1) is 0 Å².